The molecule has 8 heteroatoms. The Bertz CT molecular complexity index is 740. The van der Waals surface area contributed by atoms with Gasteiger partial charge in [0.2, 0.25) is 0 Å². The van der Waals surface area contributed by atoms with Crippen LogP contribution < -0.4 is 5.32 Å². The number of carbonyl (C=O) groups is 2. The first kappa shape index (κ1) is 16.1. The van der Waals surface area contributed by atoms with Crippen LogP contribution in [0.4, 0.5) is 0 Å². The van der Waals surface area contributed by atoms with E-state index in [1.54, 1.807) is 48.1 Å². The molecule has 0 unspecified atom stereocenters. The van der Waals surface area contributed by atoms with Crippen LogP contribution >= 0.6 is 0 Å². The molecule has 1 aliphatic rings. The second kappa shape index (κ2) is 6.79. The molecule has 2 amide bonds. The SMILES string of the molecule is CNC(=O)c1ccc([C@H]2CN(C(=O)c3ccn(C)n3)CCO2)nc1. The number of nitrogens with zero attached hydrogens (tertiary/aromatic N) is 4. The summed E-state index contributed by atoms with van der Waals surface area (Å²) >= 11 is 0. The highest BCUT2D eigenvalue weighted by atomic mass is 16.5. The number of pyridine rings is 1. The van der Waals surface area contributed by atoms with Gasteiger partial charge in [-0.25, -0.2) is 0 Å². The second-order valence-corrected chi connectivity index (χ2v) is 5.54. The minimum Gasteiger partial charge on any atom is -0.368 e. The summed E-state index contributed by atoms with van der Waals surface area (Å²) in [5.41, 5.74) is 1.60. The molecule has 1 saturated heterocycles. The van der Waals surface area contributed by atoms with Gasteiger partial charge < -0.3 is 15.0 Å². The van der Waals surface area contributed by atoms with Crippen LogP contribution in [0.25, 0.3) is 0 Å². The van der Waals surface area contributed by atoms with E-state index in [-0.39, 0.29) is 17.9 Å². The molecule has 1 atom stereocenters. The van der Waals surface area contributed by atoms with Gasteiger partial charge in [0.25, 0.3) is 11.8 Å². The van der Waals surface area contributed by atoms with Gasteiger partial charge in [-0.05, 0) is 18.2 Å². The van der Waals surface area contributed by atoms with E-state index in [0.717, 1.165) is 0 Å². The zero-order chi connectivity index (χ0) is 17.1. The molecule has 1 fully saturated rings. The molecule has 126 valence electrons. The van der Waals surface area contributed by atoms with E-state index in [2.05, 4.69) is 15.4 Å². The molecule has 1 aliphatic heterocycles. The molecule has 0 aliphatic carbocycles. The van der Waals surface area contributed by atoms with Crippen molar-refractivity contribution in [3.05, 3.63) is 47.5 Å². The maximum atomic E-state index is 12.5. The van der Waals surface area contributed by atoms with Crippen LogP contribution in [0.1, 0.15) is 32.6 Å². The summed E-state index contributed by atoms with van der Waals surface area (Å²) in [7, 11) is 3.35. The molecular weight excluding hydrogens is 310 g/mol. The number of rotatable bonds is 3. The zero-order valence-corrected chi connectivity index (χ0v) is 13.6. The third-order valence-electron chi connectivity index (χ3n) is 3.89. The molecular formula is C16H19N5O3. The minimum atomic E-state index is -0.315. The summed E-state index contributed by atoms with van der Waals surface area (Å²) < 4.78 is 7.33. The maximum absolute atomic E-state index is 12.5. The van der Waals surface area contributed by atoms with Gasteiger partial charge >= 0.3 is 0 Å². The maximum Gasteiger partial charge on any atom is 0.274 e. The van der Waals surface area contributed by atoms with Crippen molar-refractivity contribution in [2.24, 2.45) is 7.05 Å². The van der Waals surface area contributed by atoms with Crippen molar-refractivity contribution in [1.82, 2.24) is 25.0 Å². The normalized spacial score (nSPS) is 17.6. The van der Waals surface area contributed by atoms with E-state index < -0.39 is 0 Å². The first-order valence-electron chi connectivity index (χ1n) is 7.67. The summed E-state index contributed by atoms with van der Waals surface area (Å²) in [6, 6.07) is 5.15. The quantitative estimate of drug-likeness (QED) is 0.880. The summed E-state index contributed by atoms with van der Waals surface area (Å²) in [4.78, 5) is 30.1. The largest absolute Gasteiger partial charge is 0.368 e. The van der Waals surface area contributed by atoms with Gasteiger partial charge in [0.15, 0.2) is 0 Å². The Kier molecular flexibility index (Phi) is 4.57. The third-order valence-corrected chi connectivity index (χ3v) is 3.89. The van der Waals surface area contributed by atoms with Crippen molar-refractivity contribution in [2.45, 2.75) is 6.10 Å². The van der Waals surface area contributed by atoms with E-state index in [0.29, 0.717) is 36.6 Å². The molecule has 0 aromatic carbocycles. The summed E-state index contributed by atoms with van der Waals surface area (Å²) in [5.74, 6) is -0.309. The summed E-state index contributed by atoms with van der Waals surface area (Å²) in [6.45, 7) is 1.35. The fraction of sp³-hybridized carbons (Fsp3) is 0.375. The van der Waals surface area contributed by atoms with Crippen molar-refractivity contribution < 1.29 is 14.3 Å². The summed E-state index contributed by atoms with van der Waals surface area (Å²) in [5, 5.41) is 6.70. The average molecular weight is 329 g/mol. The van der Waals surface area contributed by atoms with Gasteiger partial charge in [-0.2, -0.15) is 5.10 Å². The lowest BCUT2D eigenvalue weighted by Crippen LogP contribution is -2.42. The average Bonchev–Trinajstić information content (AvgIpc) is 3.07. The van der Waals surface area contributed by atoms with Crippen molar-refractivity contribution in [3.63, 3.8) is 0 Å². The van der Waals surface area contributed by atoms with Crippen molar-refractivity contribution in [2.75, 3.05) is 26.7 Å². The highest BCUT2D eigenvalue weighted by Crippen LogP contribution is 2.21. The lowest BCUT2D eigenvalue weighted by atomic mass is 10.1. The molecule has 8 nitrogen and oxygen atoms in total. The molecule has 0 spiro atoms. The zero-order valence-electron chi connectivity index (χ0n) is 13.6. The Morgan fingerprint density at radius 1 is 1.33 bits per heavy atom. The Balaban J connectivity index is 1.71. The van der Waals surface area contributed by atoms with Crippen LogP contribution in [-0.2, 0) is 11.8 Å². The predicted molar refractivity (Wildman–Crippen MR) is 85.4 cm³/mol. The number of ether oxygens (including phenoxy) is 1. The van der Waals surface area contributed by atoms with Crippen LogP contribution in [0.2, 0.25) is 0 Å². The monoisotopic (exact) mass is 329 g/mol. The van der Waals surface area contributed by atoms with Gasteiger partial charge in [0.05, 0.1) is 24.4 Å². The molecule has 24 heavy (non-hydrogen) atoms. The van der Waals surface area contributed by atoms with Crippen LogP contribution in [-0.4, -0.2) is 58.2 Å². The number of aromatic nitrogens is 3. The van der Waals surface area contributed by atoms with Crippen LogP contribution in [0.5, 0.6) is 0 Å². The van der Waals surface area contributed by atoms with E-state index >= 15 is 0 Å². The molecule has 0 bridgehead atoms. The van der Waals surface area contributed by atoms with E-state index in [1.807, 2.05) is 0 Å². The topological polar surface area (TPSA) is 89.4 Å². The third kappa shape index (κ3) is 3.28. The van der Waals surface area contributed by atoms with Gasteiger partial charge in [-0.3, -0.25) is 19.3 Å². The molecule has 2 aromatic heterocycles. The number of carbonyl (C=O) groups excluding carboxylic acids is 2. The fourth-order valence-corrected chi connectivity index (χ4v) is 2.58. The van der Waals surface area contributed by atoms with Crippen molar-refractivity contribution in [3.8, 4) is 0 Å². The standard InChI is InChI=1S/C16H19N5O3/c1-17-15(22)11-3-4-12(18-9-11)14-10-21(7-8-24-14)16(23)13-5-6-20(2)19-13/h3-6,9,14H,7-8,10H2,1-2H3,(H,17,22)/t14-/m1/s1. The molecule has 1 N–H and O–H groups in total. The smallest absolute Gasteiger partial charge is 0.274 e. The van der Waals surface area contributed by atoms with Gasteiger partial charge in [0.1, 0.15) is 11.8 Å². The minimum absolute atomic E-state index is 0.120. The molecule has 3 rings (SSSR count). The Morgan fingerprint density at radius 3 is 2.79 bits per heavy atom. The Labute approximate surface area is 139 Å². The lowest BCUT2D eigenvalue weighted by molar-refractivity contribution is -0.0249. The van der Waals surface area contributed by atoms with Crippen molar-refractivity contribution >= 4 is 11.8 Å². The van der Waals surface area contributed by atoms with E-state index in [1.165, 1.54) is 6.20 Å². The van der Waals surface area contributed by atoms with Crippen molar-refractivity contribution in [1.29, 1.82) is 0 Å². The number of hydrogen-bond donors (Lipinski definition) is 1. The Hall–Kier alpha value is -2.74. The highest BCUT2D eigenvalue weighted by Gasteiger charge is 2.28. The highest BCUT2D eigenvalue weighted by molar-refractivity contribution is 5.93. The molecule has 0 radical (unpaired) electrons. The van der Waals surface area contributed by atoms with Crippen LogP contribution in [0.15, 0.2) is 30.6 Å². The Morgan fingerprint density at radius 2 is 2.17 bits per heavy atom. The number of amides is 2. The van der Waals surface area contributed by atoms with Gasteiger partial charge in [0, 0.05) is 33.0 Å². The summed E-state index contributed by atoms with van der Waals surface area (Å²) in [6.07, 6.45) is 2.94. The molecule has 3 heterocycles. The molecule has 2 aromatic rings. The number of nitrogens with one attached hydrogen (secondary N) is 1. The molecule has 0 saturated carbocycles. The first-order valence-corrected chi connectivity index (χ1v) is 7.67. The number of aryl methyl sites for hydroxylation is 1. The number of hydrogen-bond acceptors (Lipinski definition) is 5. The lowest BCUT2D eigenvalue weighted by Gasteiger charge is -2.32. The second-order valence-electron chi connectivity index (χ2n) is 5.54. The van der Waals surface area contributed by atoms with Crippen LogP contribution in [0, 0.1) is 0 Å². The van der Waals surface area contributed by atoms with E-state index in [4.69, 9.17) is 4.74 Å². The fourth-order valence-electron chi connectivity index (χ4n) is 2.58. The van der Waals surface area contributed by atoms with E-state index in [9.17, 15) is 9.59 Å². The van der Waals surface area contributed by atoms with Gasteiger partial charge in [-0.1, -0.05) is 0 Å². The number of morpholine rings is 1. The van der Waals surface area contributed by atoms with Gasteiger partial charge in [-0.15, -0.1) is 0 Å². The first-order chi connectivity index (χ1) is 11.6. The predicted octanol–water partition coefficient (Wildman–Crippen LogP) is 0.388. The van der Waals surface area contributed by atoms with Crippen LogP contribution in [0.3, 0.4) is 0 Å².